The Morgan fingerprint density at radius 3 is 2.35 bits per heavy atom. The summed E-state index contributed by atoms with van der Waals surface area (Å²) in [7, 11) is 0. The van der Waals surface area contributed by atoms with E-state index in [-0.39, 0.29) is 23.4 Å². The number of hydrogen-bond acceptors (Lipinski definition) is 3. The van der Waals surface area contributed by atoms with E-state index < -0.39 is 6.04 Å². The van der Waals surface area contributed by atoms with Crippen LogP contribution in [0.2, 0.25) is 0 Å². The number of nitrogens with one attached hydrogen (secondary N) is 1. The Bertz CT molecular complexity index is 383. The Labute approximate surface area is 120 Å². The minimum absolute atomic E-state index is 0.0289. The van der Waals surface area contributed by atoms with Crippen LogP contribution < -0.4 is 11.1 Å². The SMILES string of the molecule is CC(C)(C)C(N)C(=O)N1CCC(N2CCNC2=O)CC1. The second kappa shape index (κ2) is 5.60. The van der Waals surface area contributed by atoms with Crippen molar-refractivity contribution in [2.75, 3.05) is 26.2 Å². The molecule has 2 fully saturated rings. The summed E-state index contributed by atoms with van der Waals surface area (Å²) in [5, 5.41) is 2.83. The van der Waals surface area contributed by atoms with E-state index in [9.17, 15) is 9.59 Å². The van der Waals surface area contributed by atoms with Crippen LogP contribution in [-0.4, -0.2) is 60.0 Å². The Kier molecular flexibility index (Phi) is 4.22. The van der Waals surface area contributed by atoms with Crippen LogP contribution in [0.3, 0.4) is 0 Å². The maximum Gasteiger partial charge on any atom is 0.317 e. The van der Waals surface area contributed by atoms with Gasteiger partial charge in [0.25, 0.3) is 0 Å². The molecule has 3 N–H and O–H groups in total. The molecule has 2 saturated heterocycles. The molecule has 0 aliphatic carbocycles. The molecule has 0 aromatic heterocycles. The molecule has 6 nitrogen and oxygen atoms in total. The lowest BCUT2D eigenvalue weighted by Crippen LogP contribution is -2.54. The first kappa shape index (κ1) is 15.1. The first-order valence-electron chi connectivity index (χ1n) is 7.39. The van der Waals surface area contributed by atoms with Crippen molar-refractivity contribution in [2.45, 2.75) is 45.7 Å². The van der Waals surface area contributed by atoms with Crippen LogP contribution in [0.4, 0.5) is 4.79 Å². The summed E-state index contributed by atoms with van der Waals surface area (Å²) in [6, 6.07) is -0.178. The van der Waals surface area contributed by atoms with E-state index in [1.54, 1.807) is 0 Å². The summed E-state index contributed by atoms with van der Waals surface area (Å²) in [5.41, 5.74) is 5.82. The molecule has 6 heteroatoms. The summed E-state index contributed by atoms with van der Waals surface area (Å²) in [6.07, 6.45) is 1.69. The van der Waals surface area contributed by atoms with Gasteiger partial charge in [0.15, 0.2) is 0 Å². The van der Waals surface area contributed by atoms with Crippen LogP contribution in [0, 0.1) is 5.41 Å². The van der Waals surface area contributed by atoms with Crippen molar-refractivity contribution >= 4 is 11.9 Å². The first-order chi connectivity index (χ1) is 9.30. The van der Waals surface area contributed by atoms with Gasteiger partial charge in [0, 0.05) is 32.2 Å². The lowest BCUT2D eigenvalue weighted by molar-refractivity contribution is -0.136. The number of nitrogens with two attached hydrogens (primary N) is 1. The van der Waals surface area contributed by atoms with Crippen LogP contribution in [-0.2, 0) is 4.79 Å². The van der Waals surface area contributed by atoms with Crippen molar-refractivity contribution in [1.29, 1.82) is 0 Å². The van der Waals surface area contributed by atoms with Crippen LogP contribution in [0.25, 0.3) is 0 Å². The van der Waals surface area contributed by atoms with Gasteiger partial charge in [0.05, 0.1) is 6.04 Å². The van der Waals surface area contributed by atoms with E-state index in [2.05, 4.69) is 5.32 Å². The summed E-state index contributed by atoms with van der Waals surface area (Å²) in [5.74, 6) is 0.0295. The van der Waals surface area contributed by atoms with Crippen molar-refractivity contribution in [2.24, 2.45) is 11.1 Å². The number of piperidine rings is 1. The van der Waals surface area contributed by atoms with E-state index in [0.29, 0.717) is 13.1 Å². The maximum atomic E-state index is 12.3. The van der Waals surface area contributed by atoms with Crippen molar-refractivity contribution in [3.05, 3.63) is 0 Å². The highest BCUT2D eigenvalue weighted by molar-refractivity contribution is 5.82. The van der Waals surface area contributed by atoms with Crippen LogP contribution in [0.5, 0.6) is 0 Å². The summed E-state index contributed by atoms with van der Waals surface area (Å²) in [6.45, 7) is 8.84. The van der Waals surface area contributed by atoms with Gasteiger partial charge >= 0.3 is 6.03 Å². The van der Waals surface area contributed by atoms with Gasteiger partial charge in [-0.25, -0.2) is 4.79 Å². The minimum atomic E-state index is -0.464. The zero-order valence-electron chi connectivity index (χ0n) is 12.7. The Balaban J connectivity index is 1.88. The number of nitrogens with zero attached hydrogens (tertiary/aromatic N) is 2. The fraction of sp³-hybridized carbons (Fsp3) is 0.857. The number of amides is 3. The monoisotopic (exact) mass is 282 g/mol. The number of likely N-dealkylation sites (tertiary alicyclic amines) is 1. The van der Waals surface area contributed by atoms with Gasteiger partial charge in [0.1, 0.15) is 0 Å². The van der Waals surface area contributed by atoms with Gasteiger partial charge in [-0.1, -0.05) is 20.8 Å². The van der Waals surface area contributed by atoms with Crippen molar-refractivity contribution in [1.82, 2.24) is 15.1 Å². The van der Waals surface area contributed by atoms with Gasteiger partial charge in [0.2, 0.25) is 5.91 Å². The number of carbonyl (C=O) groups excluding carboxylic acids is 2. The fourth-order valence-corrected chi connectivity index (χ4v) is 2.80. The molecule has 0 saturated carbocycles. The second-order valence-corrected chi connectivity index (χ2v) is 6.83. The van der Waals surface area contributed by atoms with Crippen LogP contribution >= 0.6 is 0 Å². The molecule has 2 aliphatic heterocycles. The number of carbonyl (C=O) groups is 2. The largest absolute Gasteiger partial charge is 0.341 e. The summed E-state index contributed by atoms with van der Waals surface area (Å²) in [4.78, 5) is 27.7. The standard InChI is InChI=1S/C14H26N4O2/c1-14(2,3)11(15)12(19)17-7-4-10(5-8-17)18-9-6-16-13(18)20/h10-11H,4-9,15H2,1-3H3,(H,16,20). The Hall–Kier alpha value is -1.30. The summed E-state index contributed by atoms with van der Waals surface area (Å²) >= 11 is 0. The predicted octanol–water partition coefficient (Wildman–Crippen LogP) is 0.376. The van der Waals surface area contributed by atoms with E-state index in [4.69, 9.17) is 5.73 Å². The summed E-state index contributed by atoms with van der Waals surface area (Å²) < 4.78 is 0. The molecule has 0 radical (unpaired) electrons. The van der Waals surface area contributed by atoms with Crippen molar-refractivity contribution < 1.29 is 9.59 Å². The topological polar surface area (TPSA) is 78.7 Å². The van der Waals surface area contributed by atoms with Gasteiger partial charge in [-0.05, 0) is 18.3 Å². The first-order valence-corrected chi connectivity index (χ1v) is 7.39. The van der Waals surface area contributed by atoms with E-state index in [1.807, 2.05) is 30.6 Å². The predicted molar refractivity (Wildman–Crippen MR) is 77.1 cm³/mol. The van der Waals surface area contributed by atoms with Gasteiger partial charge in [-0.15, -0.1) is 0 Å². The highest BCUT2D eigenvalue weighted by Gasteiger charge is 2.35. The minimum Gasteiger partial charge on any atom is -0.341 e. The third-order valence-electron chi connectivity index (χ3n) is 4.31. The average Bonchev–Trinajstić information content (AvgIpc) is 2.82. The molecule has 2 heterocycles. The lowest BCUT2D eigenvalue weighted by atomic mass is 9.86. The molecule has 3 amide bonds. The Morgan fingerprint density at radius 2 is 1.90 bits per heavy atom. The number of urea groups is 1. The molecule has 0 aromatic carbocycles. The molecule has 114 valence electrons. The zero-order valence-corrected chi connectivity index (χ0v) is 12.7. The van der Waals surface area contributed by atoms with Gasteiger partial charge in [-0.3, -0.25) is 4.79 Å². The highest BCUT2D eigenvalue weighted by atomic mass is 16.2. The maximum absolute atomic E-state index is 12.3. The molecule has 20 heavy (non-hydrogen) atoms. The Morgan fingerprint density at radius 1 is 1.30 bits per heavy atom. The molecule has 0 aromatic rings. The van der Waals surface area contributed by atoms with E-state index >= 15 is 0 Å². The molecule has 0 spiro atoms. The highest BCUT2D eigenvalue weighted by Crippen LogP contribution is 2.23. The molecule has 0 bridgehead atoms. The van der Waals surface area contributed by atoms with Gasteiger partial charge in [-0.2, -0.15) is 0 Å². The lowest BCUT2D eigenvalue weighted by Gasteiger charge is -2.38. The van der Waals surface area contributed by atoms with Crippen LogP contribution in [0.1, 0.15) is 33.6 Å². The number of rotatable bonds is 2. The quantitative estimate of drug-likeness (QED) is 0.768. The van der Waals surface area contributed by atoms with Crippen LogP contribution in [0.15, 0.2) is 0 Å². The zero-order chi connectivity index (χ0) is 14.9. The van der Waals surface area contributed by atoms with E-state index in [1.165, 1.54) is 0 Å². The molecule has 2 rings (SSSR count). The van der Waals surface area contributed by atoms with E-state index in [0.717, 1.165) is 25.9 Å². The molecule has 1 atom stereocenters. The number of hydrogen-bond donors (Lipinski definition) is 2. The second-order valence-electron chi connectivity index (χ2n) is 6.83. The van der Waals surface area contributed by atoms with Crippen molar-refractivity contribution in [3.63, 3.8) is 0 Å². The third-order valence-corrected chi connectivity index (χ3v) is 4.31. The van der Waals surface area contributed by atoms with Gasteiger partial charge < -0.3 is 20.9 Å². The fourth-order valence-electron chi connectivity index (χ4n) is 2.80. The molecular weight excluding hydrogens is 256 g/mol. The normalized spacial score (nSPS) is 22.9. The molecule has 1 unspecified atom stereocenters. The molecule has 2 aliphatic rings. The third kappa shape index (κ3) is 3.06. The van der Waals surface area contributed by atoms with Crippen molar-refractivity contribution in [3.8, 4) is 0 Å². The molecular formula is C14H26N4O2. The average molecular weight is 282 g/mol. The smallest absolute Gasteiger partial charge is 0.317 e.